The maximum absolute atomic E-state index is 12.7. The fraction of sp³-hybridized carbons (Fsp3) is 0.571. The van der Waals surface area contributed by atoms with Gasteiger partial charge in [0.2, 0.25) is 0 Å². The van der Waals surface area contributed by atoms with Gasteiger partial charge in [-0.2, -0.15) is 26.3 Å². The molecule has 21 heavy (non-hydrogen) atoms. The molecule has 14 heteroatoms. The van der Waals surface area contributed by atoms with Gasteiger partial charge in [-0.1, -0.05) is 0 Å². The van der Waals surface area contributed by atoms with Crippen LogP contribution < -0.4 is 0 Å². The second-order valence-corrected chi connectivity index (χ2v) is 3.39. The summed E-state index contributed by atoms with van der Waals surface area (Å²) < 4.78 is 90.6. The minimum absolute atomic E-state index is 0.241. The molecule has 0 aromatic carbocycles. The largest absolute Gasteiger partial charge is 0.794 e. The van der Waals surface area contributed by atoms with Gasteiger partial charge in [-0.15, -0.1) is 0 Å². The van der Waals surface area contributed by atoms with E-state index in [1.54, 1.807) is 0 Å². The molecule has 118 valence electrons. The van der Waals surface area contributed by atoms with Crippen molar-refractivity contribution in [3.05, 3.63) is 0 Å². The Bertz CT molecular complexity index is 441. The third kappa shape index (κ3) is 2.75. The predicted octanol–water partition coefficient (Wildman–Crippen LogP) is 0.124. The molecule has 0 amide bonds. The van der Waals surface area contributed by atoms with Crippen LogP contribution in [0.1, 0.15) is 0 Å². The van der Waals surface area contributed by atoms with Crippen LogP contribution in [0.15, 0.2) is 0 Å². The minimum atomic E-state index is -6.35. The Balaban J connectivity index is 3.28. The summed E-state index contributed by atoms with van der Waals surface area (Å²) in [6.45, 7) is 0. The molecule has 0 radical (unpaired) electrons. The van der Waals surface area contributed by atoms with E-state index in [1.165, 1.54) is 0 Å². The summed E-state index contributed by atoms with van der Waals surface area (Å²) in [5.41, 5.74) is -5.50. The quantitative estimate of drug-likeness (QED) is 0.315. The van der Waals surface area contributed by atoms with Gasteiger partial charge in [-0.3, -0.25) is 0 Å². The first kappa shape index (κ1) is 17.1. The lowest BCUT2D eigenvalue weighted by atomic mass is 9.99. The summed E-state index contributed by atoms with van der Waals surface area (Å²) in [5.74, 6) is -6.66. The van der Waals surface area contributed by atoms with Gasteiger partial charge in [0.05, 0.1) is 7.11 Å². The van der Waals surface area contributed by atoms with Crippen LogP contribution in [-0.2, 0) is 33.1 Å². The third-order valence-electron chi connectivity index (χ3n) is 2.12. The first-order valence-electron chi connectivity index (χ1n) is 4.68. The first-order chi connectivity index (χ1) is 9.36. The van der Waals surface area contributed by atoms with Gasteiger partial charge in [0.1, 0.15) is 0 Å². The van der Waals surface area contributed by atoms with Gasteiger partial charge in [0, 0.05) is 0 Å². The van der Waals surface area contributed by atoms with E-state index in [2.05, 4.69) is 18.7 Å². The molecule has 0 aromatic rings. The number of alkyl halides is 6. The van der Waals surface area contributed by atoms with Crippen molar-refractivity contribution >= 4 is 25.2 Å². The topological polar surface area (TPSA) is 88.1 Å². The van der Waals surface area contributed by atoms with Crippen LogP contribution in [0, 0.1) is 0 Å². The Labute approximate surface area is 111 Å². The molecule has 0 saturated carbocycles. The molecule has 1 fully saturated rings. The number of esters is 1. The maximum Gasteiger partial charge on any atom is 0.794 e. The van der Waals surface area contributed by atoms with E-state index in [0.29, 0.717) is 0 Å². The molecule has 1 rings (SSSR count). The van der Waals surface area contributed by atoms with E-state index in [9.17, 15) is 40.7 Å². The minimum Gasteiger partial charge on any atom is -0.466 e. The van der Waals surface area contributed by atoms with Crippen molar-refractivity contribution < 1.29 is 59.4 Å². The second-order valence-electron chi connectivity index (χ2n) is 3.39. The van der Waals surface area contributed by atoms with E-state index in [1.807, 2.05) is 0 Å². The first-order valence-corrected chi connectivity index (χ1v) is 4.68. The smallest absolute Gasteiger partial charge is 0.466 e. The van der Waals surface area contributed by atoms with E-state index < -0.39 is 43.2 Å². The Hall–Kier alpha value is -1.99. The molecule has 1 aliphatic rings. The molecule has 0 unspecified atom stereocenters. The SMILES string of the molecule is COC(=O)C(OB1OC(=O)C(=O)O1)(C(F)(F)F)C(F)(F)F. The summed E-state index contributed by atoms with van der Waals surface area (Å²) >= 11 is 0. The zero-order chi connectivity index (χ0) is 16.6. The Kier molecular flexibility index (Phi) is 4.14. The number of carbonyl (C=O) groups is 3. The lowest BCUT2D eigenvalue weighted by Gasteiger charge is -2.33. The van der Waals surface area contributed by atoms with E-state index in [4.69, 9.17) is 0 Å². The fourth-order valence-electron chi connectivity index (χ4n) is 1.21. The van der Waals surface area contributed by atoms with Crippen molar-refractivity contribution in [1.29, 1.82) is 0 Å². The van der Waals surface area contributed by atoms with Gasteiger partial charge in [-0.05, 0) is 0 Å². The number of carbonyl (C=O) groups excluding carboxylic acids is 3. The molecule has 0 aromatic heterocycles. The van der Waals surface area contributed by atoms with Crippen LogP contribution in [-0.4, -0.2) is 50.3 Å². The van der Waals surface area contributed by atoms with Crippen molar-refractivity contribution in [3.63, 3.8) is 0 Å². The zero-order valence-electron chi connectivity index (χ0n) is 9.70. The van der Waals surface area contributed by atoms with Gasteiger partial charge in [0.15, 0.2) is 0 Å². The average Bonchev–Trinajstić information content (AvgIpc) is 2.61. The number of halogens is 6. The number of ether oxygens (including phenoxy) is 1. The molecular weight excluding hydrogens is 321 g/mol. The zero-order valence-corrected chi connectivity index (χ0v) is 9.70. The summed E-state index contributed by atoms with van der Waals surface area (Å²) in [6.07, 6.45) is -12.7. The number of hydrogen-bond donors (Lipinski definition) is 0. The molecule has 0 aliphatic carbocycles. The fourth-order valence-corrected chi connectivity index (χ4v) is 1.21. The Morgan fingerprint density at radius 3 is 1.67 bits per heavy atom. The molecular formula is C7H3BF6O7. The highest BCUT2D eigenvalue weighted by Gasteiger charge is 2.80. The standard InChI is InChI=1S/C7H3BF6O7/c1-18-4(17)5(6(9,10)11,7(12,13)14)21-8-19-2(15)3(16)20-8/h1H3. The van der Waals surface area contributed by atoms with Gasteiger partial charge in [-0.25, -0.2) is 14.4 Å². The van der Waals surface area contributed by atoms with E-state index in [0.717, 1.165) is 0 Å². The van der Waals surface area contributed by atoms with Crippen LogP contribution in [0.5, 0.6) is 0 Å². The van der Waals surface area contributed by atoms with Crippen molar-refractivity contribution in [2.45, 2.75) is 18.0 Å². The van der Waals surface area contributed by atoms with Crippen LogP contribution >= 0.6 is 0 Å². The lowest BCUT2D eigenvalue weighted by molar-refractivity contribution is -0.352. The molecule has 7 nitrogen and oxygen atoms in total. The number of rotatable bonds is 3. The van der Waals surface area contributed by atoms with Crippen molar-refractivity contribution in [2.75, 3.05) is 7.11 Å². The Morgan fingerprint density at radius 1 is 1.00 bits per heavy atom. The predicted molar refractivity (Wildman–Crippen MR) is 45.9 cm³/mol. The third-order valence-corrected chi connectivity index (χ3v) is 2.12. The van der Waals surface area contributed by atoms with Gasteiger partial charge >= 0.3 is 43.2 Å². The molecule has 0 N–H and O–H groups in total. The summed E-state index contributed by atoms with van der Waals surface area (Å²) in [5, 5.41) is 0. The molecule has 1 saturated heterocycles. The summed E-state index contributed by atoms with van der Waals surface area (Å²) in [7, 11) is -2.77. The van der Waals surface area contributed by atoms with Crippen LogP contribution in [0.3, 0.4) is 0 Å². The normalized spacial score (nSPS) is 16.6. The monoisotopic (exact) mass is 324 g/mol. The summed E-state index contributed by atoms with van der Waals surface area (Å²) in [6, 6.07) is 0. The molecule has 0 spiro atoms. The molecule has 1 aliphatic heterocycles. The number of hydrogen-bond acceptors (Lipinski definition) is 7. The molecule has 1 heterocycles. The van der Waals surface area contributed by atoms with E-state index >= 15 is 0 Å². The molecule has 0 atom stereocenters. The van der Waals surface area contributed by atoms with Crippen LogP contribution in [0.2, 0.25) is 0 Å². The highest BCUT2D eigenvalue weighted by atomic mass is 19.4. The molecule has 0 bridgehead atoms. The Morgan fingerprint density at radius 2 is 1.38 bits per heavy atom. The highest BCUT2D eigenvalue weighted by molar-refractivity contribution is 6.56. The second kappa shape index (κ2) is 5.09. The lowest BCUT2D eigenvalue weighted by Crippen LogP contribution is -2.66. The van der Waals surface area contributed by atoms with Gasteiger partial charge < -0.3 is 18.7 Å². The van der Waals surface area contributed by atoms with Crippen LogP contribution in [0.25, 0.3) is 0 Å². The van der Waals surface area contributed by atoms with Gasteiger partial charge in [0.25, 0.3) is 0 Å². The van der Waals surface area contributed by atoms with E-state index in [-0.39, 0.29) is 7.11 Å². The average molecular weight is 324 g/mol. The number of methoxy groups -OCH3 is 1. The van der Waals surface area contributed by atoms with Crippen LogP contribution in [0.4, 0.5) is 26.3 Å². The summed E-state index contributed by atoms with van der Waals surface area (Å²) in [4.78, 5) is 32.1. The van der Waals surface area contributed by atoms with Crippen molar-refractivity contribution in [1.82, 2.24) is 0 Å². The van der Waals surface area contributed by atoms with Crippen molar-refractivity contribution in [2.24, 2.45) is 0 Å². The highest BCUT2D eigenvalue weighted by Crippen LogP contribution is 2.47. The maximum atomic E-state index is 12.7. The van der Waals surface area contributed by atoms with Crippen molar-refractivity contribution in [3.8, 4) is 0 Å².